The van der Waals surface area contributed by atoms with Gasteiger partial charge in [-0.05, 0) is 38.3 Å². The number of methoxy groups -OCH3 is 1. The Morgan fingerprint density at radius 2 is 1.61 bits per heavy atom. The zero-order valence-electron chi connectivity index (χ0n) is 21.4. The number of hydrogen-bond donors (Lipinski definition) is 4. The van der Waals surface area contributed by atoms with Gasteiger partial charge >= 0.3 is 0 Å². The molecule has 3 unspecified atom stereocenters. The van der Waals surface area contributed by atoms with Crippen LogP contribution >= 0.6 is 0 Å². The van der Waals surface area contributed by atoms with E-state index in [-0.39, 0.29) is 25.3 Å². The van der Waals surface area contributed by atoms with Crippen LogP contribution in [0.1, 0.15) is 51.0 Å². The molecule has 0 aromatic heterocycles. The molecule has 10 heteroatoms. The molecule has 1 aromatic rings. The minimum Gasteiger partial charge on any atom is -0.497 e. The Morgan fingerprint density at radius 3 is 2.17 bits per heavy atom. The Hall–Kier alpha value is -2.98. The molecule has 0 spiro atoms. The third kappa shape index (κ3) is 11.6. The van der Waals surface area contributed by atoms with E-state index in [0.717, 1.165) is 31.4 Å². The Morgan fingerprint density at radius 1 is 1.03 bits per heavy atom. The van der Waals surface area contributed by atoms with Gasteiger partial charge in [0.25, 0.3) is 0 Å². The molecule has 1 saturated heterocycles. The number of carbonyl (C=O) groups is 4. The molecular formula is C26H39N3O7. The van der Waals surface area contributed by atoms with Gasteiger partial charge in [0.15, 0.2) is 5.78 Å². The molecule has 0 radical (unpaired) electrons. The molecule has 2 aliphatic rings. The summed E-state index contributed by atoms with van der Waals surface area (Å²) in [6.07, 6.45) is 3.73. The van der Waals surface area contributed by atoms with Crippen molar-refractivity contribution in [2.75, 3.05) is 26.8 Å². The topological polar surface area (TPSA) is 146 Å². The Labute approximate surface area is 212 Å². The maximum atomic E-state index is 12.3. The number of carbonyl (C=O) groups excluding carboxylic acids is 4. The Bertz CT molecular complexity index is 863. The average Bonchev–Trinajstić information content (AvgIpc) is 3.57. The average molecular weight is 506 g/mol. The number of nitrogens with one attached hydrogen (secondary N) is 3. The molecule has 3 amide bonds. The van der Waals surface area contributed by atoms with Gasteiger partial charge in [-0.3, -0.25) is 19.2 Å². The van der Waals surface area contributed by atoms with Gasteiger partial charge in [0.2, 0.25) is 17.7 Å². The van der Waals surface area contributed by atoms with Crippen molar-refractivity contribution in [1.29, 1.82) is 0 Å². The number of Topliss-reactive ketones (excluding diaryl/α,β-unsaturated/α-hetero) is 1. The van der Waals surface area contributed by atoms with Gasteiger partial charge in [-0.15, -0.1) is 0 Å². The summed E-state index contributed by atoms with van der Waals surface area (Å²) in [4.78, 5) is 47.5. The molecule has 2 fully saturated rings. The van der Waals surface area contributed by atoms with Crippen molar-refractivity contribution >= 4 is 23.5 Å². The van der Waals surface area contributed by atoms with E-state index < -0.39 is 36.0 Å². The molecule has 3 atom stereocenters. The number of aryl methyl sites for hydroxylation is 1. The molecular weight excluding hydrogens is 466 g/mol. The van der Waals surface area contributed by atoms with E-state index in [1.807, 2.05) is 24.3 Å². The van der Waals surface area contributed by atoms with Crippen molar-refractivity contribution in [3.63, 3.8) is 0 Å². The summed E-state index contributed by atoms with van der Waals surface area (Å²) in [6, 6.07) is 7.37. The third-order valence-electron chi connectivity index (χ3n) is 6.00. The quantitative estimate of drug-likeness (QED) is 0.310. The summed E-state index contributed by atoms with van der Waals surface area (Å²) in [5.41, 5.74) is 1.26. The minimum absolute atomic E-state index is 0.0953. The van der Waals surface area contributed by atoms with Crippen LogP contribution in [0.25, 0.3) is 0 Å². The molecule has 1 aliphatic heterocycles. The molecule has 4 N–H and O–H groups in total. The van der Waals surface area contributed by atoms with Gasteiger partial charge in [-0.2, -0.15) is 0 Å². The summed E-state index contributed by atoms with van der Waals surface area (Å²) in [6.45, 7) is 3.38. The number of epoxide rings is 1. The lowest BCUT2D eigenvalue weighted by atomic mass is 9.94. The number of amides is 3. The van der Waals surface area contributed by atoms with Gasteiger partial charge in [-0.25, -0.2) is 0 Å². The highest BCUT2D eigenvalue weighted by Crippen LogP contribution is 2.29. The van der Waals surface area contributed by atoms with Crippen LogP contribution < -0.4 is 20.7 Å². The second kappa shape index (κ2) is 15.2. The Balaban J connectivity index is 0.000000425. The zero-order chi connectivity index (χ0) is 26.5. The zero-order valence-corrected chi connectivity index (χ0v) is 21.4. The highest BCUT2D eigenvalue weighted by molar-refractivity contribution is 5.94. The predicted molar refractivity (Wildman–Crippen MR) is 133 cm³/mol. The van der Waals surface area contributed by atoms with Crippen molar-refractivity contribution < 1.29 is 33.8 Å². The molecule has 1 heterocycles. The normalized spacial score (nSPS) is 18.2. The highest BCUT2D eigenvalue weighted by atomic mass is 16.6. The van der Waals surface area contributed by atoms with Gasteiger partial charge < -0.3 is 30.5 Å². The van der Waals surface area contributed by atoms with Crippen molar-refractivity contribution in [2.45, 2.75) is 70.6 Å². The van der Waals surface area contributed by atoms with Gasteiger partial charge in [0, 0.05) is 0 Å². The summed E-state index contributed by atoms with van der Waals surface area (Å²) in [5.74, 6) is -0.176. The minimum atomic E-state index is -0.788. The number of aliphatic hydroxyl groups excluding tert-OH is 1. The summed E-state index contributed by atoms with van der Waals surface area (Å²) in [5, 5.41) is 16.6. The number of hydrogen-bond acceptors (Lipinski definition) is 7. The Kier molecular flexibility index (Phi) is 12.4. The fourth-order valence-corrected chi connectivity index (χ4v) is 3.94. The monoisotopic (exact) mass is 505 g/mol. The van der Waals surface area contributed by atoms with E-state index in [2.05, 4.69) is 22.9 Å². The molecule has 3 rings (SSSR count). The summed E-state index contributed by atoms with van der Waals surface area (Å²) in [7, 11) is 1.67. The molecule has 1 aliphatic carbocycles. The van der Waals surface area contributed by atoms with Gasteiger partial charge in [0.1, 0.15) is 11.9 Å². The summed E-state index contributed by atoms with van der Waals surface area (Å²) >= 11 is 0. The van der Waals surface area contributed by atoms with Gasteiger partial charge in [-0.1, -0.05) is 43.4 Å². The molecule has 10 nitrogen and oxygen atoms in total. The largest absolute Gasteiger partial charge is 0.497 e. The van der Waals surface area contributed by atoms with E-state index in [9.17, 15) is 19.2 Å². The second-order valence-corrected chi connectivity index (χ2v) is 9.35. The number of rotatable bonds is 12. The number of ketones is 1. The van der Waals surface area contributed by atoms with E-state index in [1.54, 1.807) is 7.11 Å². The van der Waals surface area contributed by atoms with Crippen LogP contribution in [0.15, 0.2) is 24.3 Å². The van der Waals surface area contributed by atoms with Crippen LogP contribution in [-0.4, -0.2) is 73.7 Å². The van der Waals surface area contributed by atoms with E-state index >= 15 is 0 Å². The third-order valence-corrected chi connectivity index (χ3v) is 6.00. The number of ether oxygens (including phenoxy) is 2. The van der Waals surface area contributed by atoms with Crippen LogP contribution in [0.2, 0.25) is 0 Å². The molecule has 36 heavy (non-hydrogen) atoms. The van der Waals surface area contributed by atoms with Crippen molar-refractivity contribution in [1.82, 2.24) is 16.0 Å². The maximum Gasteiger partial charge on any atom is 0.239 e. The SMILES string of the molecule is CC(O)CC(=O)NCC(=O)NCC(=O)NC(CC1CCCC1)C(=O)C1CO1.COc1ccc(C)cc1. The number of benzene rings is 1. The second-order valence-electron chi connectivity index (χ2n) is 9.35. The smallest absolute Gasteiger partial charge is 0.239 e. The first-order valence-electron chi connectivity index (χ1n) is 12.4. The van der Waals surface area contributed by atoms with Crippen LogP contribution in [-0.2, 0) is 23.9 Å². The van der Waals surface area contributed by atoms with Crippen molar-refractivity contribution in [3.8, 4) is 5.75 Å². The standard InChI is InChI=1S/C18H29N3O6.C8H10O/c1-11(22)6-15(23)19-8-16(24)20-9-17(25)21-13(18(26)14-10-27-14)7-12-4-2-3-5-12;1-7-3-5-8(9-2)6-4-7/h11-14,22H,2-10H2,1H3,(H,19,23)(H,20,24)(H,21,25);3-6H,1-2H3. The lowest BCUT2D eigenvalue weighted by Gasteiger charge is -2.20. The van der Waals surface area contributed by atoms with Crippen LogP contribution in [0, 0.1) is 12.8 Å². The molecule has 200 valence electrons. The number of aliphatic hydroxyl groups is 1. The first-order chi connectivity index (χ1) is 17.2. The predicted octanol–water partition coefficient (Wildman–Crippen LogP) is 1.03. The molecule has 0 bridgehead atoms. The maximum absolute atomic E-state index is 12.3. The fourth-order valence-electron chi connectivity index (χ4n) is 3.94. The van der Waals surface area contributed by atoms with Crippen molar-refractivity contribution in [2.24, 2.45) is 5.92 Å². The molecule has 1 aromatic carbocycles. The fraction of sp³-hybridized carbons (Fsp3) is 0.615. The van der Waals surface area contributed by atoms with E-state index in [1.165, 1.54) is 12.5 Å². The van der Waals surface area contributed by atoms with Crippen molar-refractivity contribution in [3.05, 3.63) is 29.8 Å². The first kappa shape index (κ1) is 29.3. The lowest BCUT2D eigenvalue weighted by molar-refractivity contribution is -0.130. The molecule has 1 saturated carbocycles. The first-order valence-corrected chi connectivity index (χ1v) is 12.4. The highest BCUT2D eigenvalue weighted by Gasteiger charge is 2.38. The lowest BCUT2D eigenvalue weighted by Crippen LogP contribution is -2.48. The van der Waals surface area contributed by atoms with Gasteiger partial charge in [0.05, 0.1) is 45.4 Å². The van der Waals surface area contributed by atoms with Crippen LogP contribution in [0.4, 0.5) is 0 Å². The van der Waals surface area contributed by atoms with Crippen LogP contribution in [0.5, 0.6) is 5.75 Å². The van der Waals surface area contributed by atoms with Crippen LogP contribution in [0.3, 0.4) is 0 Å². The van der Waals surface area contributed by atoms with E-state index in [4.69, 9.17) is 14.6 Å². The summed E-state index contributed by atoms with van der Waals surface area (Å²) < 4.78 is 10.0. The van der Waals surface area contributed by atoms with E-state index in [0.29, 0.717) is 18.9 Å².